The van der Waals surface area contributed by atoms with Crippen LogP contribution in [0.25, 0.3) is 0 Å². The third-order valence-electron chi connectivity index (χ3n) is 4.24. The van der Waals surface area contributed by atoms with Crippen molar-refractivity contribution in [1.29, 1.82) is 0 Å². The van der Waals surface area contributed by atoms with Gasteiger partial charge in [0.15, 0.2) is 6.61 Å². The zero-order chi connectivity index (χ0) is 18.5. The molecule has 1 amide bonds. The van der Waals surface area contributed by atoms with Crippen LogP contribution in [-0.4, -0.2) is 36.5 Å². The second-order valence-electron chi connectivity index (χ2n) is 6.16. The van der Waals surface area contributed by atoms with E-state index in [1.807, 2.05) is 36.4 Å². The van der Waals surface area contributed by atoms with Crippen LogP contribution in [0.5, 0.6) is 5.75 Å². The minimum atomic E-state index is -0.469. The smallest absolute Gasteiger partial charge is 0.339 e. The molecule has 6 heteroatoms. The number of benzene rings is 2. The van der Waals surface area contributed by atoms with Gasteiger partial charge in [0.25, 0.3) is 5.91 Å². The molecule has 1 aliphatic carbocycles. The molecule has 0 atom stereocenters. The van der Waals surface area contributed by atoms with E-state index in [4.69, 9.17) is 9.47 Å². The fourth-order valence-electron chi connectivity index (χ4n) is 2.65. The van der Waals surface area contributed by atoms with Gasteiger partial charge in [-0.05, 0) is 65.3 Å². The summed E-state index contributed by atoms with van der Waals surface area (Å²) in [6.07, 6.45) is 1.98. The van der Waals surface area contributed by atoms with Gasteiger partial charge in [0.1, 0.15) is 5.75 Å². The van der Waals surface area contributed by atoms with Crippen molar-refractivity contribution in [2.45, 2.75) is 25.4 Å². The Morgan fingerprint density at radius 1 is 1.12 bits per heavy atom. The highest BCUT2D eigenvalue weighted by atomic mass is 127. The van der Waals surface area contributed by atoms with Crippen LogP contribution in [0.3, 0.4) is 0 Å². The number of halogens is 1. The predicted octanol–water partition coefficient (Wildman–Crippen LogP) is 3.65. The van der Waals surface area contributed by atoms with Crippen molar-refractivity contribution in [1.82, 2.24) is 4.90 Å². The molecule has 1 aliphatic rings. The third-order valence-corrected chi connectivity index (χ3v) is 5.18. The molecule has 0 bridgehead atoms. The van der Waals surface area contributed by atoms with Crippen LogP contribution >= 0.6 is 22.6 Å². The molecule has 136 valence electrons. The summed E-state index contributed by atoms with van der Waals surface area (Å²) < 4.78 is 11.2. The van der Waals surface area contributed by atoms with E-state index in [9.17, 15) is 9.59 Å². The molecule has 0 spiro atoms. The average Bonchev–Trinajstić information content (AvgIpc) is 3.50. The van der Waals surface area contributed by atoms with Crippen LogP contribution in [0, 0.1) is 3.57 Å². The van der Waals surface area contributed by atoms with E-state index in [-0.39, 0.29) is 18.6 Å². The van der Waals surface area contributed by atoms with E-state index in [1.54, 1.807) is 24.1 Å². The zero-order valence-corrected chi connectivity index (χ0v) is 16.6. The summed E-state index contributed by atoms with van der Waals surface area (Å²) in [6.45, 7) is 0.268. The van der Waals surface area contributed by atoms with E-state index in [0.717, 1.165) is 27.7 Å². The molecule has 2 aromatic carbocycles. The van der Waals surface area contributed by atoms with Crippen LogP contribution in [-0.2, 0) is 16.1 Å². The lowest BCUT2D eigenvalue weighted by molar-refractivity contribution is -0.135. The van der Waals surface area contributed by atoms with E-state index in [0.29, 0.717) is 12.1 Å². The highest BCUT2D eigenvalue weighted by Gasteiger charge is 2.33. The number of amides is 1. The number of ether oxygens (including phenoxy) is 2. The van der Waals surface area contributed by atoms with Crippen LogP contribution in [0.4, 0.5) is 0 Å². The third kappa shape index (κ3) is 4.75. The molecule has 0 aromatic heterocycles. The molecular weight excluding hydrogens is 445 g/mol. The lowest BCUT2D eigenvalue weighted by atomic mass is 10.2. The summed E-state index contributed by atoms with van der Waals surface area (Å²) in [5.74, 6) is 0.149. The average molecular weight is 465 g/mol. The highest BCUT2D eigenvalue weighted by molar-refractivity contribution is 14.1. The molecule has 0 unspecified atom stereocenters. The summed E-state index contributed by atoms with van der Waals surface area (Å²) in [6, 6.07) is 15.0. The molecular formula is C20H20INO4. The lowest BCUT2D eigenvalue weighted by Gasteiger charge is -2.22. The minimum Gasteiger partial charge on any atom is -0.497 e. The van der Waals surface area contributed by atoms with Crippen LogP contribution in [0.2, 0.25) is 0 Å². The van der Waals surface area contributed by atoms with Gasteiger partial charge in [-0.2, -0.15) is 0 Å². The first-order valence-corrected chi connectivity index (χ1v) is 9.50. The number of hydrogen-bond donors (Lipinski definition) is 0. The van der Waals surface area contributed by atoms with Crippen LogP contribution in [0.15, 0.2) is 48.5 Å². The Morgan fingerprint density at radius 3 is 2.42 bits per heavy atom. The maximum Gasteiger partial charge on any atom is 0.339 e. The van der Waals surface area contributed by atoms with Gasteiger partial charge in [-0.1, -0.05) is 24.3 Å². The number of hydrogen-bond acceptors (Lipinski definition) is 4. The van der Waals surface area contributed by atoms with E-state index >= 15 is 0 Å². The number of carbonyl (C=O) groups is 2. The SMILES string of the molecule is COc1ccc(CN(C(=O)COC(=O)c2ccccc2I)C2CC2)cc1. The second-order valence-corrected chi connectivity index (χ2v) is 7.32. The fourth-order valence-corrected chi connectivity index (χ4v) is 3.26. The molecule has 0 N–H and O–H groups in total. The predicted molar refractivity (Wildman–Crippen MR) is 106 cm³/mol. The Hall–Kier alpha value is -2.09. The summed E-state index contributed by atoms with van der Waals surface area (Å²) in [7, 11) is 1.62. The van der Waals surface area contributed by atoms with Crippen molar-refractivity contribution in [2.24, 2.45) is 0 Å². The molecule has 0 heterocycles. The number of carbonyl (C=O) groups excluding carboxylic acids is 2. The molecule has 1 fully saturated rings. The maximum atomic E-state index is 12.6. The second kappa shape index (κ2) is 8.53. The Bertz CT molecular complexity index is 787. The van der Waals surface area contributed by atoms with Crippen molar-refractivity contribution in [2.75, 3.05) is 13.7 Å². The van der Waals surface area contributed by atoms with Gasteiger partial charge in [0, 0.05) is 16.2 Å². The van der Waals surface area contributed by atoms with Crippen molar-refractivity contribution in [3.63, 3.8) is 0 Å². The monoisotopic (exact) mass is 465 g/mol. The largest absolute Gasteiger partial charge is 0.497 e. The van der Waals surface area contributed by atoms with E-state index < -0.39 is 5.97 Å². The van der Waals surface area contributed by atoms with Crippen molar-refractivity contribution < 1.29 is 19.1 Å². The summed E-state index contributed by atoms with van der Waals surface area (Å²) in [4.78, 5) is 26.6. The van der Waals surface area contributed by atoms with Gasteiger partial charge in [-0.15, -0.1) is 0 Å². The minimum absolute atomic E-state index is 0.164. The van der Waals surface area contributed by atoms with Crippen molar-refractivity contribution in [3.8, 4) is 5.75 Å². The van der Waals surface area contributed by atoms with E-state index in [2.05, 4.69) is 22.6 Å². The van der Waals surface area contributed by atoms with Crippen LogP contribution < -0.4 is 4.74 Å². The Kier molecular flexibility index (Phi) is 6.13. The fraction of sp³-hybridized carbons (Fsp3) is 0.300. The molecule has 26 heavy (non-hydrogen) atoms. The van der Waals surface area contributed by atoms with Gasteiger partial charge in [-0.25, -0.2) is 4.79 Å². The number of methoxy groups -OCH3 is 1. The molecule has 5 nitrogen and oxygen atoms in total. The summed E-state index contributed by atoms with van der Waals surface area (Å²) in [5.41, 5.74) is 1.50. The first-order valence-electron chi connectivity index (χ1n) is 8.42. The maximum absolute atomic E-state index is 12.6. The van der Waals surface area contributed by atoms with Gasteiger partial charge in [0.05, 0.1) is 12.7 Å². The normalized spacial score (nSPS) is 13.2. The van der Waals surface area contributed by atoms with Crippen LogP contribution in [0.1, 0.15) is 28.8 Å². The van der Waals surface area contributed by atoms with Gasteiger partial charge < -0.3 is 14.4 Å². The Balaban J connectivity index is 1.60. The molecule has 1 saturated carbocycles. The molecule has 0 saturated heterocycles. The number of nitrogens with zero attached hydrogens (tertiary/aromatic N) is 1. The Morgan fingerprint density at radius 2 is 1.81 bits per heavy atom. The van der Waals surface area contributed by atoms with Crippen molar-refractivity contribution >= 4 is 34.5 Å². The highest BCUT2D eigenvalue weighted by Crippen LogP contribution is 2.29. The van der Waals surface area contributed by atoms with Gasteiger partial charge in [-0.3, -0.25) is 4.79 Å². The number of esters is 1. The molecule has 2 aromatic rings. The lowest BCUT2D eigenvalue weighted by Crippen LogP contribution is -2.36. The molecule has 3 rings (SSSR count). The molecule has 0 radical (unpaired) electrons. The van der Waals surface area contributed by atoms with Crippen molar-refractivity contribution in [3.05, 3.63) is 63.2 Å². The molecule has 0 aliphatic heterocycles. The number of rotatable bonds is 7. The topological polar surface area (TPSA) is 55.8 Å². The summed E-state index contributed by atoms with van der Waals surface area (Å²) >= 11 is 2.08. The van der Waals surface area contributed by atoms with Gasteiger partial charge >= 0.3 is 5.97 Å². The first-order chi connectivity index (χ1) is 12.6. The zero-order valence-electron chi connectivity index (χ0n) is 14.5. The van der Waals surface area contributed by atoms with E-state index in [1.165, 1.54) is 0 Å². The van der Waals surface area contributed by atoms with Gasteiger partial charge in [0.2, 0.25) is 0 Å². The summed E-state index contributed by atoms with van der Waals surface area (Å²) in [5, 5.41) is 0. The quantitative estimate of drug-likeness (QED) is 0.463. The Labute approximate surface area is 166 Å². The standard InChI is InChI=1S/C20H20INO4/c1-25-16-10-6-14(7-11-16)12-22(15-8-9-15)19(23)13-26-20(24)17-4-2-3-5-18(17)21/h2-7,10-11,15H,8-9,12-13H2,1H3. The first kappa shape index (κ1) is 18.7.